The highest BCUT2D eigenvalue weighted by atomic mass is 16.5. The summed E-state index contributed by atoms with van der Waals surface area (Å²) in [4.78, 5) is 40.7. The van der Waals surface area contributed by atoms with Gasteiger partial charge in [-0.25, -0.2) is 4.68 Å². The van der Waals surface area contributed by atoms with Crippen molar-refractivity contribution in [3.8, 4) is 11.5 Å². The molecule has 3 N–H and O–H groups in total. The molecular formula is C40H41N5O6. The second kappa shape index (κ2) is 17.1. The lowest BCUT2D eigenvalue weighted by Crippen LogP contribution is -2.47. The fraction of sp³-hybridized carbons (Fsp3) is 0.250. The monoisotopic (exact) mass is 687 g/mol. The third kappa shape index (κ3) is 9.61. The molecule has 1 aliphatic rings. The first kappa shape index (κ1) is 34.9. The number of ether oxygens (including phenoxy) is 3. The second-order valence-electron chi connectivity index (χ2n) is 12.3. The molecule has 51 heavy (non-hydrogen) atoms. The fourth-order valence-corrected chi connectivity index (χ4v) is 5.95. The first-order valence-corrected chi connectivity index (χ1v) is 17.0. The minimum absolute atomic E-state index is 0.0286. The van der Waals surface area contributed by atoms with E-state index in [4.69, 9.17) is 14.2 Å². The van der Waals surface area contributed by atoms with Crippen molar-refractivity contribution < 1.29 is 28.6 Å². The zero-order valence-electron chi connectivity index (χ0n) is 28.4. The van der Waals surface area contributed by atoms with Crippen molar-refractivity contribution >= 4 is 29.1 Å². The summed E-state index contributed by atoms with van der Waals surface area (Å²) in [6.07, 6.45) is 3.43. The quantitative estimate of drug-likeness (QED) is 0.120. The van der Waals surface area contributed by atoms with Gasteiger partial charge < -0.3 is 30.2 Å². The number of nitrogens with one attached hydrogen (secondary N) is 3. The molecule has 1 aliphatic carbocycles. The lowest BCUT2D eigenvalue weighted by Gasteiger charge is -2.32. The van der Waals surface area contributed by atoms with Gasteiger partial charge in [0.2, 0.25) is 5.91 Å². The van der Waals surface area contributed by atoms with Crippen molar-refractivity contribution in [3.63, 3.8) is 0 Å². The highest BCUT2D eigenvalue weighted by molar-refractivity contribution is 6.08. The molecule has 4 aromatic carbocycles. The van der Waals surface area contributed by atoms with Crippen LogP contribution in [0.15, 0.2) is 115 Å². The lowest BCUT2D eigenvalue weighted by atomic mass is 9.92. The molecule has 0 aliphatic heterocycles. The van der Waals surface area contributed by atoms with Crippen molar-refractivity contribution in [1.29, 1.82) is 0 Å². The summed E-state index contributed by atoms with van der Waals surface area (Å²) in [6, 6.07) is 34.7. The fourth-order valence-electron chi connectivity index (χ4n) is 5.95. The number of anilines is 2. The number of benzene rings is 4. The number of methoxy groups -OCH3 is 1. The van der Waals surface area contributed by atoms with Gasteiger partial charge >= 0.3 is 0 Å². The maximum absolute atomic E-state index is 13.8. The maximum Gasteiger partial charge on any atom is 0.276 e. The Balaban J connectivity index is 1.19. The smallest absolute Gasteiger partial charge is 0.276 e. The molecule has 0 bridgehead atoms. The van der Waals surface area contributed by atoms with Crippen LogP contribution in [0, 0.1) is 0 Å². The van der Waals surface area contributed by atoms with Crippen LogP contribution >= 0.6 is 0 Å². The molecule has 1 fully saturated rings. The summed E-state index contributed by atoms with van der Waals surface area (Å²) in [5.74, 6) is -0.338. The standard InChI is InChI=1S/C40H41N5O6/c1-49-31-22-20-30(21-23-31)41-39(47)34-24-35(40(48)43-33-17-9-11-19-37(33)51-27-29-14-6-3-7-15-29)45(44-34)25-38(46)42-32-16-8-10-18-36(32)50-26-28-12-4-2-5-13-28/h2-7,9,11-15,17,19-24,32,36H,8,10,16,18,25-27H2,1H3,(H,41,47)(H,42,46)(H,43,48)/t32-,36-/m0/s1. The van der Waals surface area contributed by atoms with Gasteiger partial charge in [-0.15, -0.1) is 0 Å². The number of hydrogen-bond acceptors (Lipinski definition) is 7. The molecule has 11 heteroatoms. The number of carbonyl (C=O) groups excluding carboxylic acids is 3. The van der Waals surface area contributed by atoms with E-state index in [1.807, 2.05) is 66.7 Å². The number of rotatable bonds is 14. The van der Waals surface area contributed by atoms with Gasteiger partial charge in [-0.1, -0.05) is 85.6 Å². The van der Waals surface area contributed by atoms with Gasteiger partial charge in [0.25, 0.3) is 11.8 Å². The summed E-state index contributed by atoms with van der Waals surface area (Å²) in [7, 11) is 1.56. The molecule has 11 nitrogen and oxygen atoms in total. The van der Waals surface area contributed by atoms with Crippen LogP contribution in [-0.4, -0.2) is 46.8 Å². The van der Waals surface area contributed by atoms with Crippen molar-refractivity contribution in [2.24, 2.45) is 0 Å². The van der Waals surface area contributed by atoms with Crippen LogP contribution in [0.4, 0.5) is 11.4 Å². The Morgan fingerprint density at radius 1 is 0.765 bits per heavy atom. The van der Waals surface area contributed by atoms with E-state index in [-0.39, 0.29) is 36.0 Å². The average molecular weight is 688 g/mol. The molecule has 262 valence electrons. The number of para-hydroxylation sites is 2. The largest absolute Gasteiger partial charge is 0.497 e. The molecular weight excluding hydrogens is 646 g/mol. The molecule has 0 saturated heterocycles. The van der Waals surface area contributed by atoms with Gasteiger partial charge in [-0.2, -0.15) is 5.10 Å². The Morgan fingerprint density at radius 3 is 2.16 bits per heavy atom. The average Bonchev–Trinajstić information content (AvgIpc) is 3.59. The van der Waals surface area contributed by atoms with E-state index in [2.05, 4.69) is 21.0 Å². The molecule has 1 aromatic heterocycles. The minimum Gasteiger partial charge on any atom is -0.497 e. The van der Waals surface area contributed by atoms with Crippen LogP contribution in [0.3, 0.4) is 0 Å². The highest BCUT2D eigenvalue weighted by Gasteiger charge is 2.29. The van der Waals surface area contributed by atoms with Gasteiger partial charge in [0.05, 0.1) is 31.5 Å². The van der Waals surface area contributed by atoms with Crippen molar-refractivity contribution in [3.05, 3.63) is 138 Å². The third-order valence-electron chi connectivity index (χ3n) is 8.61. The van der Waals surface area contributed by atoms with Gasteiger partial charge in [0.1, 0.15) is 30.3 Å². The highest BCUT2D eigenvalue weighted by Crippen LogP contribution is 2.26. The predicted octanol–water partition coefficient (Wildman–Crippen LogP) is 6.62. The summed E-state index contributed by atoms with van der Waals surface area (Å²) >= 11 is 0. The lowest BCUT2D eigenvalue weighted by molar-refractivity contribution is -0.124. The van der Waals surface area contributed by atoms with Crippen LogP contribution in [0.1, 0.15) is 57.8 Å². The summed E-state index contributed by atoms with van der Waals surface area (Å²) in [5, 5.41) is 13.2. The molecule has 1 saturated carbocycles. The zero-order chi connectivity index (χ0) is 35.4. The molecule has 0 unspecified atom stereocenters. The zero-order valence-corrected chi connectivity index (χ0v) is 28.4. The van der Waals surface area contributed by atoms with Crippen molar-refractivity contribution in [2.75, 3.05) is 17.7 Å². The van der Waals surface area contributed by atoms with Crippen LogP contribution in [0.25, 0.3) is 0 Å². The SMILES string of the molecule is COc1ccc(NC(=O)c2cc(C(=O)Nc3ccccc3OCc3ccccc3)n(CC(=O)N[C@H]3CCCC[C@@H]3OCc3ccccc3)n2)cc1. The van der Waals surface area contributed by atoms with E-state index >= 15 is 0 Å². The summed E-state index contributed by atoms with van der Waals surface area (Å²) in [6.45, 7) is 0.468. The topological polar surface area (TPSA) is 133 Å². The van der Waals surface area contributed by atoms with Gasteiger partial charge in [0.15, 0.2) is 5.69 Å². The molecule has 3 amide bonds. The van der Waals surface area contributed by atoms with Crippen LogP contribution in [-0.2, 0) is 29.3 Å². The van der Waals surface area contributed by atoms with Crippen LogP contribution in [0.5, 0.6) is 11.5 Å². The van der Waals surface area contributed by atoms with E-state index < -0.39 is 11.8 Å². The summed E-state index contributed by atoms with van der Waals surface area (Å²) in [5.41, 5.74) is 2.99. The normalized spacial score (nSPS) is 15.4. The summed E-state index contributed by atoms with van der Waals surface area (Å²) < 4.78 is 18.7. The Bertz CT molecular complexity index is 1910. The van der Waals surface area contributed by atoms with Crippen LogP contribution in [0.2, 0.25) is 0 Å². The van der Waals surface area contributed by atoms with E-state index in [0.29, 0.717) is 36.1 Å². The molecule has 0 radical (unpaired) electrons. The number of aromatic nitrogens is 2. The van der Waals surface area contributed by atoms with E-state index in [9.17, 15) is 14.4 Å². The molecule has 1 heterocycles. The van der Waals surface area contributed by atoms with E-state index in [1.165, 1.54) is 10.7 Å². The minimum atomic E-state index is -0.559. The molecule has 6 rings (SSSR count). The number of nitrogens with zero attached hydrogens (tertiary/aromatic N) is 2. The second-order valence-corrected chi connectivity index (χ2v) is 12.3. The van der Waals surface area contributed by atoms with Crippen LogP contribution < -0.4 is 25.4 Å². The first-order valence-electron chi connectivity index (χ1n) is 17.0. The molecule has 2 atom stereocenters. The maximum atomic E-state index is 13.8. The van der Waals surface area contributed by atoms with Gasteiger partial charge in [-0.3, -0.25) is 14.4 Å². The Morgan fingerprint density at radius 2 is 1.43 bits per heavy atom. The van der Waals surface area contributed by atoms with Crippen molar-refractivity contribution in [2.45, 2.75) is 57.6 Å². The van der Waals surface area contributed by atoms with E-state index in [0.717, 1.165) is 36.8 Å². The Kier molecular flexibility index (Phi) is 11.7. The molecule has 0 spiro atoms. The van der Waals surface area contributed by atoms with Gasteiger partial charge in [0, 0.05) is 11.8 Å². The number of hydrogen-bond donors (Lipinski definition) is 3. The predicted molar refractivity (Wildman–Crippen MR) is 194 cm³/mol. The number of amides is 3. The van der Waals surface area contributed by atoms with Gasteiger partial charge in [-0.05, 0) is 60.4 Å². The number of carbonyl (C=O) groups is 3. The third-order valence-corrected chi connectivity index (χ3v) is 8.61. The Hall–Kier alpha value is -5.94. The molecule has 5 aromatic rings. The van der Waals surface area contributed by atoms with E-state index in [1.54, 1.807) is 49.6 Å². The first-order chi connectivity index (χ1) is 24.9. The van der Waals surface area contributed by atoms with Crippen molar-refractivity contribution in [1.82, 2.24) is 15.1 Å². The Labute approximate surface area is 296 Å².